The summed E-state index contributed by atoms with van der Waals surface area (Å²) in [4.78, 5) is 8.79. The number of para-hydroxylation sites is 3. The normalized spacial score (nSPS) is 11.8. The molecule has 6 aromatic carbocycles. The van der Waals surface area contributed by atoms with Crippen molar-refractivity contribution >= 4 is 71.4 Å². The Bertz CT molecular complexity index is 2880. The minimum Gasteiger partial charge on any atom is -0.456 e. The van der Waals surface area contributed by atoms with Crippen molar-refractivity contribution in [3.63, 3.8) is 0 Å². The Balaban J connectivity index is 1.21. The van der Waals surface area contributed by atoms with Gasteiger partial charge in [0.2, 0.25) is 0 Å². The van der Waals surface area contributed by atoms with Crippen LogP contribution < -0.4 is 0 Å². The molecule has 10 aromatic rings. The van der Waals surface area contributed by atoms with Gasteiger partial charge in [-0.25, -0.2) is 9.83 Å². The lowest BCUT2D eigenvalue weighted by Gasteiger charge is -2.13. The van der Waals surface area contributed by atoms with Gasteiger partial charge in [0.15, 0.2) is 5.69 Å². The van der Waals surface area contributed by atoms with Gasteiger partial charge in [0.25, 0.3) is 0 Å². The number of hydrogen-bond donors (Lipinski definition) is 0. The lowest BCUT2D eigenvalue weighted by molar-refractivity contribution is 0.669. The molecule has 0 N–H and O–H groups in total. The Morgan fingerprint density at radius 1 is 0.511 bits per heavy atom. The highest BCUT2D eigenvalue weighted by Gasteiger charge is 2.20. The fourth-order valence-corrected chi connectivity index (χ4v) is 7.39. The van der Waals surface area contributed by atoms with E-state index in [2.05, 4.69) is 123 Å². The summed E-state index contributed by atoms with van der Waals surface area (Å²) in [6.07, 6.45) is 1.85. The molecule has 0 saturated carbocycles. The minimum absolute atomic E-state index is 0.595. The first-order chi connectivity index (χ1) is 23.3. The second-order valence-corrected chi connectivity index (χ2v) is 11.9. The van der Waals surface area contributed by atoms with Gasteiger partial charge in [-0.1, -0.05) is 66.7 Å². The Morgan fingerprint density at radius 3 is 2.04 bits per heavy atom. The molecule has 4 aromatic heterocycles. The molecular formula is C42H24N4O. The highest BCUT2D eigenvalue weighted by molar-refractivity contribution is 6.27. The van der Waals surface area contributed by atoms with Crippen LogP contribution in [0.5, 0.6) is 0 Å². The van der Waals surface area contributed by atoms with Crippen LogP contribution in [0.15, 0.2) is 150 Å². The van der Waals surface area contributed by atoms with E-state index in [9.17, 15) is 0 Å². The van der Waals surface area contributed by atoms with Gasteiger partial charge in [-0.15, -0.1) is 0 Å². The summed E-state index contributed by atoms with van der Waals surface area (Å²) in [5, 5.41) is 6.79. The molecular weight excluding hydrogens is 576 g/mol. The maximum absolute atomic E-state index is 7.99. The number of aromatic nitrogens is 3. The summed E-state index contributed by atoms with van der Waals surface area (Å²) in [6, 6.07) is 48.1. The van der Waals surface area contributed by atoms with Gasteiger partial charge in [0.05, 0.1) is 23.1 Å². The molecule has 5 nitrogen and oxygen atoms in total. The molecule has 4 heterocycles. The molecule has 0 amide bonds. The van der Waals surface area contributed by atoms with Crippen LogP contribution in [0.1, 0.15) is 0 Å². The van der Waals surface area contributed by atoms with Crippen LogP contribution in [0.25, 0.3) is 93.0 Å². The lowest BCUT2D eigenvalue weighted by atomic mass is 10.0. The zero-order valence-corrected chi connectivity index (χ0v) is 25.1. The largest absolute Gasteiger partial charge is 0.456 e. The standard InChI is InChI=1S/C42H24N4O/c1-43-28-22-27(24-30(25-28)45-35-16-5-2-12-31(35)32-13-3-6-17-36(32)45)26-10-8-11-29(23-26)46-37-19-20-39-41(33-14-4-7-18-38(33)47-39)40(37)34-15-9-21-44-42(34)46/h2-25H. The van der Waals surface area contributed by atoms with E-state index in [-0.39, 0.29) is 0 Å². The molecule has 0 saturated heterocycles. The van der Waals surface area contributed by atoms with Crippen molar-refractivity contribution in [2.75, 3.05) is 0 Å². The van der Waals surface area contributed by atoms with Crippen LogP contribution in [0.4, 0.5) is 5.69 Å². The Hall–Kier alpha value is -6.64. The first kappa shape index (κ1) is 25.7. The topological polar surface area (TPSA) is 40.2 Å². The molecule has 0 unspecified atom stereocenters. The molecule has 0 aliphatic heterocycles. The van der Waals surface area contributed by atoms with E-state index >= 15 is 0 Å². The van der Waals surface area contributed by atoms with Crippen molar-refractivity contribution in [3.05, 3.63) is 157 Å². The van der Waals surface area contributed by atoms with E-state index in [1.165, 1.54) is 10.8 Å². The predicted molar refractivity (Wildman–Crippen MR) is 192 cm³/mol. The summed E-state index contributed by atoms with van der Waals surface area (Å²) in [6.45, 7) is 7.99. The van der Waals surface area contributed by atoms with E-state index in [1.807, 2.05) is 36.5 Å². The van der Waals surface area contributed by atoms with Crippen LogP contribution in [0.2, 0.25) is 0 Å². The Labute approximate surface area is 269 Å². The van der Waals surface area contributed by atoms with E-state index in [0.29, 0.717) is 5.69 Å². The minimum atomic E-state index is 0.595. The molecule has 0 atom stereocenters. The Morgan fingerprint density at radius 2 is 1.23 bits per heavy atom. The SMILES string of the molecule is [C-]#[N+]c1cc(-c2cccc(-n3c4ccc5oc6ccccc6c5c4c4cccnc43)c2)cc(-n2c3ccccc3c3ccccc32)c1. The van der Waals surface area contributed by atoms with Crippen LogP contribution in [-0.2, 0) is 0 Å². The number of pyridine rings is 1. The third kappa shape index (κ3) is 3.67. The molecule has 0 aliphatic rings. The lowest BCUT2D eigenvalue weighted by Crippen LogP contribution is -1.97. The number of benzene rings is 6. The molecule has 5 heteroatoms. The second kappa shape index (κ2) is 9.68. The average Bonchev–Trinajstić information content (AvgIpc) is 3.79. The van der Waals surface area contributed by atoms with Crippen LogP contribution in [-0.4, -0.2) is 14.1 Å². The van der Waals surface area contributed by atoms with E-state index < -0.39 is 0 Å². The van der Waals surface area contributed by atoms with E-state index in [1.54, 1.807) is 0 Å². The maximum Gasteiger partial charge on any atom is 0.189 e. The van der Waals surface area contributed by atoms with Gasteiger partial charge >= 0.3 is 0 Å². The summed E-state index contributed by atoms with van der Waals surface area (Å²) >= 11 is 0. The van der Waals surface area contributed by atoms with Gasteiger partial charge < -0.3 is 8.98 Å². The van der Waals surface area contributed by atoms with Crippen molar-refractivity contribution in [2.24, 2.45) is 0 Å². The number of fused-ring (bicyclic) bond motifs is 10. The summed E-state index contributed by atoms with van der Waals surface area (Å²) in [5.74, 6) is 0. The van der Waals surface area contributed by atoms with Gasteiger partial charge in [0, 0.05) is 49.9 Å². The zero-order chi connectivity index (χ0) is 31.1. The van der Waals surface area contributed by atoms with Crippen molar-refractivity contribution in [3.8, 4) is 22.5 Å². The molecule has 0 aliphatic carbocycles. The monoisotopic (exact) mass is 600 g/mol. The van der Waals surface area contributed by atoms with E-state index in [4.69, 9.17) is 16.0 Å². The number of hydrogen-bond acceptors (Lipinski definition) is 2. The molecule has 47 heavy (non-hydrogen) atoms. The zero-order valence-electron chi connectivity index (χ0n) is 25.1. The smallest absolute Gasteiger partial charge is 0.189 e. The third-order valence-corrected chi connectivity index (χ3v) is 9.34. The van der Waals surface area contributed by atoms with Crippen molar-refractivity contribution in [1.82, 2.24) is 14.1 Å². The van der Waals surface area contributed by atoms with Gasteiger partial charge in [0.1, 0.15) is 16.8 Å². The van der Waals surface area contributed by atoms with Crippen molar-refractivity contribution in [1.29, 1.82) is 0 Å². The predicted octanol–water partition coefficient (Wildman–Crippen LogP) is 11.4. The van der Waals surface area contributed by atoms with Crippen LogP contribution in [0.3, 0.4) is 0 Å². The molecule has 0 radical (unpaired) electrons. The highest BCUT2D eigenvalue weighted by Crippen LogP contribution is 2.41. The molecule has 10 rings (SSSR count). The molecule has 0 bridgehead atoms. The first-order valence-corrected chi connectivity index (χ1v) is 15.6. The number of furan rings is 1. The third-order valence-electron chi connectivity index (χ3n) is 9.34. The number of rotatable bonds is 3. The first-order valence-electron chi connectivity index (χ1n) is 15.6. The fraction of sp³-hybridized carbons (Fsp3) is 0. The molecule has 218 valence electrons. The van der Waals surface area contributed by atoms with Crippen molar-refractivity contribution in [2.45, 2.75) is 0 Å². The highest BCUT2D eigenvalue weighted by atomic mass is 16.3. The van der Waals surface area contributed by atoms with Gasteiger partial charge in [-0.3, -0.25) is 4.57 Å². The Kier molecular flexibility index (Phi) is 5.28. The summed E-state index contributed by atoms with van der Waals surface area (Å²) in [5.41, 5.74) is 10.5. The van der Waals surface area contributed by atoms with E-state index in [0.717, 1.165) is 77.4 Å². The second-order valence-electron chi connectivity index (χ2n) is 11.9. The molecule has 0 fully saturated rings. The quantitative estimate of drug-likeness (QED) is 0.189. The van der Waals surface area contributed by atoms with Crippen molar-refractivity contribution < 1.29 is 4.42 Å². The summed E-state index contributed by atoms with van der Waals surface area (Å²) < 4.78 is 10.8. The van der Waals surface area contributed by atoms with Gasteiger partial charge in [-0.2, -0.15) is 0 Å². The summed E-state index contributed by atoms with van der Waals surface area (Å²) in [7, 11) is 0. The average molecular weight is 601 g/mol. The van der Waals surface area contributed by atoms with Crippen LogP contribution in [0, 0.1) is 6.57 Å². The maximum atomic E-state index is 7.99. The number of nitrogens with zero attached hydrogens (tertiary/aromatic N) is 4. The van der Waals surface area contributed by atoms with Gasteiger partial charge in [-0.05, 0) is 83.9 Å². The molecule has 0 spiro atoms. The fourth-order valence-electron chi connectivity index (χ4n) is 7.39. The van der Waals surface area contributed by atoms with Crippen LogP contribution >= 0.6 is 0 Å².